The number of piperazine rings is 1. The lowest BCUT2D eigenvalue weighted by Gasteiger charge is -2.35. The van der Waals surface area contributed by atoms with Gasteiger partial charge in [-0.05, 0) is 17.7 Å². The first-order valence-electron chi connectivity index (χ1n) is 8.39. The van der Waals surface area contributed by atoms with Gasteiger partial charge in [-0.2, -0.15) is 0 Å². The van der Waals surface area contributed by atoms with Crippen molar-refractivity contribution >= 4 is 11.7 Å². The third-order valence-electron chi connectivity index (χ3n) is 4.39. The molecule has 1 aliphatic heterocycles. The first kappa shape index (κ1) is 17.4. The van der Waals surface area contributed by atoms with Gasteiger partial charge in [0.05, 0.1) is 11.8 Å². The third kappa shape index (κ3) is 4.55. The Balaban J connectivity index is 1.48. The van der Waals surface area contributed by atoms with E-state index < -0.39 is 11.9 Å². The van der Waals surface area contributed by atoms with E-state index in [1.165, 1.54) is 6.07 Å². The van der Waals surface area contributed by atoms with Crippen LogP contribution in [0.25, 0.3) is 0 Å². The quantitative estimate of drug-likeness (QED) is 0.897. The minimum Gasteiger partial charge on any atom is -0.387 e. The lowest BCUT2D eigenvalue weighted by molar-refractivity contribution is 0.0831. The van der Waals surface area contributed by atoms with Crippen molar-refractivity contribution < 1.29 is 14.3 Å². The molecule has 0 unspecified atom stereocenters. The number of para-hydroxylation sites is 1. The molecule has 1 saturated heterocycles. The van der Waals surface area contributed by atoms with Gasteiger partial charge in [-0.3, -0.25) is 4.90 Å². The fourth-order valence-electron chi connectivity index (χ4n) is 2.92. The average Bonchev–Trinajstić information content (AvgIpc) is 2.65. The van der Waals surface area contributed by atoms with Gasteiger partial charge in [-0.15, -0.1) is 0 Å². The van der Waals surface area contributed by atoms with Crippen LogP contribution in [0, 0.1) is 5.82 Å². The summed E-state index contributed by atoms with van der Waals surface area (Å²) in [5, 5.41) is 12.9. The Labute approximate surface area is 146 Å². The molecule has 0 aromatic heterocycles. The molecule has 0 bridgehead atoms. The van der Waals surface area contributed by atoms with Crippen LogP contribution >= 0.6 is 0 Å². The van der Waals surface area contributed by atoms with Crippen molar-refractivity contribution in [3.05, 3.63) is 66.0 Å². The van der Waals surface area contributed by atoms with Gasteiger partial charge in [-0.1, -0.05) is 42.5 Å². The lowest BCUT2D eigenvalue weighted by Crippen LogP contribution is -2.50. The maximum Gasteiger partial charge on any atom is 0.322 e. The van der Waals surface area contributed by atoms with Crippen molar-refractivity contribution in [2.45, 2.75) is 6.10 Å². The molecular weight excluding hydrogens is 321 g/mol. The van der Waals surface area contributed by atoms with E-state index in [1.54, 1.807) is 23.1 Å². The van der Waals surface area contributed by atoms with Crippen molar-refractivity contribution in [1.29, 1.82) is 0 Å². The average molecular weight is 343 g/mol. The minimum atomic E-state index is -0.542. The molecule has 0 spiro atoms. The molecule has 2 aromatic carbocycles. The molecule has 1 aliphatic rings. The highest BCUT2D eigenvalue weighted by Crippen LogP contribution is 2.16. The maximum atomic E-state index is 13.6. The molecule has 0 saturated carbocycles. The summed E-state index contributed by atoms with van der Waals surface area (Å²) in [7, 11) is 0. The minimum absolute atomic E-state index is 0.189. The van der Waals surface area contributed by atoms with E-state index in [-0.39, 0.29) is 11.7 Å². The van der Waals surface area contributed by atoms with Crippen LogP contribution < -0.4 is 5.32 Å². The summed E-state index contributed by atoms with van der Waals surface area (Å²) in [5.74, 6) is -0.444. The fourth-order valence-corrected chi connectivity index (χ4v) is 2.92. The van der Waals surface area contributed by atoms with Gasteiger partial charge in [0.2, 0.25) is 0 Å². The van der Waals surface area contributed by atoms with Crippen LogP contribution in [0.3, 0.4) is 0 Å². The molecule has 2 aromatic rings. The molecule has 1 atom stereocenters. The number of carbonyl (C=O) groups excluding carboxylic acids is 1. The molecule has 2 N–H and O–H groups in total. The number of halogens is 1. The number of hydrogen-bond acceptors (Lipinski definition) is 3. The highest BCUT2D eigenvalue weighted by atomic mass is 19.1. The molecule has 1 fully saturated rings. The van der Waals surface area contributed by atoms with Crippen LogP contribution in [-0.2, 0) is 0 Å². The summed E-state index contributed by atoms with van der Waals surface area (Å²) >= 11 is 0. The topological polar surface area (TPSA) is 55.8 Å². The predicted octanol–water partition coefficient (Wildman–Crippen LogP) is 2.71. The number of hydrogen-bond donors (Lipinski definition) is 2. The van der Waals surface area contributed by atoms with Crippen LogP contribution in [-0.4, -0.2) is 53.7 Å². The zero-order chi connectivity index (χ0) is 17.6. The highest BCUT2D eigenvalue weighted by Gasteiger charge is 2.23. The Morgan fingerprint density at radius 3 is 2.36 bits per heavy atom. The molecular formula is C19H22FN3O2. The molecule has 1 heterocycles. The third-order valence-corrected chi connectivity index (χ3v) is 4.39. The summed E-state index contributed by atoms with van der Waals surface area (Å²) in [5.41, 5.74) is 1.08. The fraction of sp³-hybridized carbons (Fsp3) is 0.316. The van der Waals surface area contributed by atoms with Gasteiger partial charge >= 0.3 is 6.03 Å². The predicted molar refractivity (Wildman–Crippen MR) is 94.8 cm³/mol. The summed E-state index contributed by atoms with van der Waals surface area (Å²) in [6.07, 6.45) is -0.542. The number of anilines is 1. The number of urea groups is 1. The largest absolute Gasteiger partial charge is 0.387 e. The zero-order valence-electron chi connectivity index (χ0n) is 13.9. The zero-order valence-corrected chi connectivity index (χ0v) is 13.9. The Hall–Kier alpha value is -2.44. The number of nitrogens with zero attached hydrogens (tertiary/aromatic N) is 2. The first-order valence-corrected chi connectivity index (χ1v) is 8.39. The lowest BCUT2D eigenvalue weighted by atomic mass is 10.1. The standard InChI is InChI=1S/C19H22FN3O2/c20-16-8-4-5-9-17(16)21-19(25)23-12-10-22(11-13-23)14-18(24)15-6-2-1-3-7-15/h1-9,18,24H,10-14H2,(H,21,25)/t18-/m1/s1. The molecule has 3 rings (SSSR count). The highest BCUT2D eigenvalue weighted by molar-refractivity contribution is 5.89. The van der Waals surface area contributed by atoms with Crippen LogP contribution in [0.2, 0.25) is 0 Å². The van der Waals surface area contributed by atoms with Crippen molar-refractivity contribution in [3.8, 4) is 0 Å². The van der Waals surface area contributed by atoms with Crippen molar-refractivity contribution in [3.63, 3.8) is 0 Å². The van der Waals surface area contributed by atoms with Gasteiger partial charge in [0.15, 0.2) is 0 Å². The number of amides is 2. The van der Waals surface area contributed by atoms with Gasteiger partial charge < -0.3 is 15.3 Å². The Bertz CT molecular complexity index is 703. The van der Waals surface area contributed by atoms with E-state index in [9.17, 15) is 14.3 Å². The number of benzene rings is 2. The number of β-amino-alcohol motifs (C(OH)–C–C–N with tert-alkyl or cyclic N) is 1. The Kier molecular flexibility index (Phi) is 5.63. The molecule has 132 valence electrons. The second-order valence-electron chi connectivity index (χ2n) is 6.12. The second-order valence-corrected chi connectivity index (χ2v) is 6.12. The first-order chi connectivity index (χ1) is 12.1. The van der Waals surface area contributed by atoms with Crippen LogP contribution in [0.1, 0.15) is 11.7 Å². The number of rotatable bonds is 4. The monoisotopic (exact) mass is 343 g/mol. The number of nitrogens with one attached hydrogen (secondary N) is 1. The van der Waals surface area contributed by atoms with Gasteiger partial charge in [-0.25, -0.2) is 9.18 Å². The summed E-state index contributed by atoms with van der Waals surface area (Å²) in [6, 6.07) is 15.4. The normalized spacial score (nSPS) is 16.5. The molecule has 5 nitrogen and oxygen atoms in total. The Morgan fingerprint density at radius 2 is 1.68 bits per heavy atom. The maximum absolute atomic E-state index is 13.6. The summed E-state index contributed by atoms with van der Waals surface area (Å²) in [4.78, 5) is 16.0. The van der Waals surface area contributed by atoms with E-state index in [0.29, 0.717) is 32.7 Å². The molecule has 2 amide bonds. The molecule has 6 heteroatoms. The van der Waals surface area contributed by atoms with Gasteiger partial charge in [0.1, 0.15) is 5.82 Å². The Morgan fingerprint density at radius 1 is 1.04 bits per heavy atom. The summed E-state index contributed by atoms with van der Waals surface area (Å²) < 4.78 is 13.6. The second kappa shape index (κ2) is 8.09. The molecule has 0 aliphatic carbocycles. The van der Waals surface area contributed by atoms with Crippen LogP contribution in [0.4, 0.5) is 14.9 Å². The van der Waals surface area contributed by atoms with E-state index in [4.69, 9.17) is 0 Å². The van der Waals surface area contributed by atoms with E-state index >= 15 is 0 Å². The van der Waals surface area contributed by atoms with E-state index in [0.717, 1.165) is 5.56 Å². The number of aliphatic hydroxyl groups excluding tert-OH is 1. The molecule has 0 radical (unpaired) electrons. The van der Waals surface area contributed by atoms with Crippen LogP contribution in [0.5, 0.6) is 0 Å². The molecule has 25 heavy (non-hydrogen) atoms. The van der Waals surface area contributed by atoms with E-state index in [2.05, 4.69) is 10.2 Å². The van der Waals surface area contributed by atoms with Crippen molar-refractivity contribution in [1.82, 2.24) is 9.80 Å². The number of carbonyl (C=O) groups is 1. The van der Waals surface area contributed by atoms with E-state index in [1.807, 2.05) is 30.3 Å². The smallest absolute Gasteiger partial charge is 0.322 e. The van der Waals surface area contributed by atoms with Crippen LogP contribution in [0.15, 0.2) is 54.6 Å². The van der Waals surface area contributed by atoms with Crippen molar-refractivity contribution in [2.24, 2.45) is 0 Å². The van der Waals surface area contributed by atoms with Crippen molar-refractivity contribution in [2.75, 3.05) is 38.0 Å². The summed E-state index contributed by atoms with van der Waals surface area (Å²) in [6.45, 7) is 2.97. The SMILES string of the molecule is O=C(Nc1ccccc1F)N1CCN(C[C@@H](O)c2ccccc2)CC1. The van der Waals surface area contributed by atoms with Gasteiger partial charge in [0.25, 0.3) is 0 Å². The number of aliphatic hydroxyl groups is 1. The van der Waals surface area contributed by atoms with Gasteiger partial charge in [0, 0.05) is 32.7 Å².